The molecule has 4 fully saturated rings. The minimum Gasteiger partial charge on any atom is -0.481 e. The summed E-state index contributed by atoms with van der Waals surface area (Å²) in [6.45, 7) is 6.96. The van der Waals surface area contributed by atoms with Crippen molar-refractivity contribution in [3.63, 3.8) is 0 Å². The Hall–Kier alpha value is -2.86. The molecule has 2 aromatic rings. The van der Waals surface area contributed by atoms with Crippen molar-refractivity contribution in [2.45, 2.75) is 243 Å². The smallest absolute Gasteiger partial charge is 0.307 e. The summed E-state index contributed by atoms with van der Waals surface area (Å²) in [5, 5.41) is 24.6. The number of aliphatic carboxylic acids is 1. The minimum absolute atomic E-state index is 0.0608. The van der Waals surface area contributed by atoms with E-state index in [1.807, 2.05) is 20.8 Å². The average Bonchev–Trinajstić information content (AvgIpc) is 3.90. The van der Waals surface area contributed by atoms with Crippen LogP contribution in [0.1, 0.15) is 236 Å². The van der Waals surface area contributed by atoms with Gasteiger partial charge in [0.15, 0.2) is 11.6 Å². The van der Waals surface area contributed by atoms with E-state index in [4.69, 9.17) is 13.8 Å². The number of nitrogens with one attached hydrogen (secondary N) is 2. The molecule has 0 aliphatic heterocycles. The van der Waals surface area contributed by atoms with Gasteiger partial charge in [-0.1, -0.05) is 139 Å². The zero-order chi connectivity index (χ0) is 41.0. The third-order valence-corrected chi connectivity index (χ3v) is 13.0. The predicted molar refractivity (Wildman–Crippen MR) is 225 cm³/mol. The Morgan fingerprint density at radius 3 is 1.43 bits per heavy atom. The van der Waals surface area contributed by atoms with Crippen molar-refractivity contribution in [1.29, 1.82) is 0 Å². The first-order valence-electron chi connectivity index (χ1n) is 23.6. The summed E-state index contributed by atoms with van der Waals surface area (Å²) in [5.74, 6) is 2.90. The van der Waals surface area contributed by atoms with Crippen LogP contribution in [0.3, 0.4) is 0 Å². The largest absolute Gasteiger partial charge is 0.481 e. The molecule has 4 saturated carbocycles. The van der Waals surface area contributed by atoms with Crippen LogP contribution in [0.4, 0.5) is 0 Å². The standard InChI is InChI=1S/C25H43N3O3.C21H35N3O3/c1-25(2,3)30-23(29)17-20(14-10-13-19-11-6-4-7-12-19)24-27-22(28-31-24)18-26-21-15-8-5-9-16-21;25-20(26)14-17(11-7-10-16-8-3-1-4-9-16)21-23-19(24-27-21)15-22-18-12-5-2-6-13-18/h19-21,26H,4-18H2,1-3H3;16-18,22H,1-15H2,(H,25,26)/t20-;17-/m11/s1. The van der Waals surface area contributed by atoms with Crippen LogP contribution in [-0.2, 0) is 27.4 Å². The fourth-order valence-electron chi connectivity index (χ4n) is 9.77. The van der Waals surface area contributed by atoms with Gasteiger partial charge in [0.05, 0.1) is 25.9 Å². The molecule has 0 radical (unpaired) electrons. The monoisotopic (exact) mass is 811 g/mol. The second-order valence-electron chi connectivity index (χ2n) is 19.2. The summed E-state index contributed by atoms with van der Waals surface area (Å²) in [5.41, 5.74) is -0.479. The van der Waals surface area contributed by atoms with Gasteiger partial charge < -0.3 is 29.5 Å². The number of nitrogens with zero attached hydrogens (tertiary/aromatic N) is 4. The van der Waals surface area contributed by atoms with Crippen molar-refractivity contribution in [2.24, 2.45) is 11.8 Å². The zero-order valence-electron chi connectivity index (χ0n) is 36.5. The molecule has 6 rings (SSSR count). The van der Waals surface area contributed by atoms with Crippen molar-refractivity contribution in [1.82, 2.24) is 30.9 Å². The molecule has 12 nitrogen and oxygen atoms in total. The summed E-state index contributed by atoms with van der Waals surface area (Å²) in [7, 11) is 0. The fraction of sp³-hybridized carbons (Fsp3) is 0.870. The molecule has 4 aliphatic rings. The Morgan fingerprint density at radius 1 is 0.638 bits per heavy atom. The molecule has 12 heteroatoms. The van der Waals surface area contributed by atoms with E-state index in [1.165, 1.54) is 141 Å². The molecule has 2 atom stereocenters. The van der Waals surface area contributed by atoms with Gasteiger partial charge in [0.1, 0.15) is 5.60 Å². The third-order valence-electron chi connectivity index (χ3n) is 13.0. The molecular formula is C46H78N6O6. The normalized spacial score (nSPS) is 20.3. The third kappa shape index (κ3) is 17.8. The number of esters is 1. The summed E-state index contributed by atoms with van der Waals surface area (Å²) in [4.78, 5) is 33.0. The Kier molecular flexibility index (Phi) is 19.9. The molecule has 0 unspecified atom stereocenters. The van der Waals surface area contributed by atoms with Crippen LogP contribution in [0, 0.1) is 11.8 Å². The maximum absolute atomic E-state index is 12.5. The lowest BCUT2D eigenvalue weighted by molar-refractivity contribution is -0.155. The first kappa shape index (κ1) is 46.2. The van der Waals surface area contributed by atoms with Gasteiger partial charge in [-0.05, 0) is 71.1 Å². The van der Waals surface area contributed by atoms with E-state index >= 15 is 0 Å². The van der Waals surface area contributed by atoms with E-state index in [0.29, 0.717) is 55.0 Å². The van der Waals surface area contributed by atoms with Crippen LogP contribution in [0.2, 0.25) is 0 Å². The Labute approximate surface area is 348 Å². The van der Waals surface area contributed by atoms with E-state index in [1.54, 1.807) is 0 Å². The van der Waals surface area contributed by atoms with Gasteiger partial charge in [-0.2, -0.15) is 9.97 Å². The number of carboxylic acids is 1. The average molecular weight is 811 g/mol. The first-order valence-corrected chi connectivity index (χ1v) is 23.6. The summed E-state index contributed by atoms with van der Waals surface area (Å²) < 4.78 is 16.7. The molecule has 3 N–H and O–H groups in total. The van der Waals surface area contributed by atoms with E-state index in [0.717, 1.165) is 37.5 Å². The molecule has 0 bridgehead atoms. The van der Waals surface area contributed by atoms with Crippen LogP contribution in [0.5, 0.6) is 0 Å². The molecule has 2 heterocycles. The number of carbonyl (C=O) groups is 2. The maximum atomic E-state index is 12.5. The number of ether oxygens (including phenoxy) is 1. The highest BCUT2D eigenvalue weighted by Gasteiger charge is 2.27. The number of hydrogen-bond donors (Lipinski definition) is 3. The van der Waals surface area contributed by atoms with Crippen LogP contribution in [0.15, 0.2) is 9.05 Å². The Bertz CT molecular complexity index is 1430. The second kappa shape index (κ2) is 25.0. The highest BCUT2D eigenvalue weighted by Crippen LogP contribution is 2.33. The van der Waals surface area contributed by atoms with E-state index in [2.05, 4.69) is 30.9 Å². The number of carboxylic acid groups (broad SMARTS) is 1. The van der Waals surface area contributed by atoms with E-state index in [9.17, 15) is 14.7 Å². The molecule has 2 aromatic heterocycles. The summed E-state index contributed by atoms with van der Waals surface area (Å²) in [6.07, 6.45) is 33.0. The molecule has 0 aromatic carbocycles. The maximum Gasteiger partial charge on any atom is 0.307 e. The van der Waals surface area contributed by atoms with Gasteiger partial charge in [0.2, 0.25) is 11.8 Å². The predicted octanol–water partition coefficient (Wildman–Crippen LogP) is 10.9. The number of aromatic nitrogens is 4. The Balaban J connectivity index is 0.000000223. The van der Waals surface area contributed by atoms with Gasteiger partial charge in [-0.25, -0.2) is 0 Å². The van der Waals surface area contributed by atoms with Gasteiger partial charge in [-0.3, -0.25) is 9.59 Å². The number of rotatable bonds is 20. The van der Waals surface area contributed by atoms with Crippen molar-refractivity contribution < 1.29 is 28.5 Å². The summed E-state index contributed by atoms with van der Waals surface area (Å²) in [6, 6.07) is 1.11. The van der Waals surface area contributed by atoms with Crippen molar-refractivity contribution >= 4 is 11.9 Å². The molecule has 0 amide bonds. The van der Waals surface area contributed by atoms with Crippen LogP contribution >= 0.6 is 0 Å². The van der Waals surface area contributed by atoms with Gasteiger partial charge >= 0.3 is 11.9 Å². The fourth-order valence-corrected chi connectivity index (χ4v) is 9.77. The first-order chi connectivity index (χ1) is 28.1. The molecule has 0 spiro atoms. The molecule has 0 saturated heterocycles. The second-order valence-corrected chi connectivity index (χ2v) is 19.2. The topological polar surface area (TPSA) is 166 Å². The van der Waals surface area contributed by atoms with Crippen LogP contribution < -0.4 is 10.6 Å². The SMILES string of the molecule is CC(C)(C)OC(=O)C[C@@H](CCCC1CCCCC1)c1nc(CNC2CCCCC2)no1.O=C(O)C[C@@H](CCCC1CCCCC1)c1nc(CNC2CCCCC2)no1. The van der Waals surface area contributed by atoms with E-state index in [-0.39, 0.29) is 24.2 Å². The lowest BCUT2D eigenvalue weighted by atomic mass is 9.84. The minimum atomic E-state index is -0.794. The quantitative estimate of drug-likeness (QED) is 0.109. The highest BCUT2D eigenvalue weighted by molar-refractivity contribution is 5.70. The summed E-state index contributed by atoms with van der Waals surface area (Å²) >= 11 is 0. The Morgan fingerprint density at radius 2 is 1.03 bits per heavy atom. The van der Waals surface area contributed by atoms with Crippen molar-refractivity contribution in [2.75, 3.05) is 0 Å². The lowest BCUT2D eigenvalue weighted by Crippen LogP contribution is -2.30. The molecule has 328 valence electrons. The van der Waals surface area contributed by atoms with Crippen LogP contribution in [0.25, 0.3) is 0 Å². The van der Waals surface area contributed by atoms with Crippen LogP contribution in [-0.4, -0.2) is 55.0 Å². The zero-order valence-corrected chi connectivity index (χ0v) is 36.5. The number of carbonyl (C=O) groups excluding carboxylic acids is 1. The molecule has 4 aliphatic carbocycles. The van der Waals surface area contributed by atoms with Gasteiger partial charge in [0, 0.05) is 23.9 Å². The molecule has 58 heavy (non-hydrogen) atoms. The lowest BCUT2D eigenvalue weighted by Gasteiger charge is -2.23. The van der Waals surface area contributed by atoms with Crippen molar-refractivity contribution in [3.8, 4) is 0 Å². The highest BCUT2D eigenvalue weighted by atomic mass is 16.6. The molecular weight excluding hydrogens is 733 g/mol. The number of hydrogen-bond acceptors (Lipinski definition) is 11. The van der Waals surface area contributed by atoms with E-state index < -0.39 is 11.6 Å². The van der Waals surface area contributed by atoms with Gasteiger partial charge in [-0.15, -0.1) is 0 Å². The van der Waals surface area contributed by atoms with Crippen molar-refractivity contribution in [3.05, 3.63) is 23.4 Å². The van der Waals surface area contributed by atoms with Gasteiger partial charge in [0.25, 0.3) is 0 Å².